The van der Waals surface area contributed by atoms with E-state index in [-0.39, 0.29) is 6.10 Å². The SMILES string of the molecule is COC(C1CCCCC1)C(O)c1c(Cl)cnn1C. The fraction of sp³-hybridized carbons (Fsp3) is 0.769. The number of aromatic nitrogens is 2. The fourth-order valence-corrected chi connectivity index (χ4v) is 3.23. The molecule has 18 heavy (non-hydrogen) atoms. The van der Waals surface area contributed by atoms with E-state index < -0.39 is 6.10 Å². The molecule has 0 aliphatic heterocycles. The molecule has 1 aromatic heterocycles. The average Bonchev–Trinajstić information content (AvgIpc) is 2.71. The van der Waals surface area contributed by atoms with Crippen molar-refractivity contribution in [2.24, 2.45) is 13.0 Å². The van der Waals surface area contributed by atoms with Gasteiger partial charge in [-0.1, -0.05) is 30.9 Å². The van der Waals surface area contributed by atoms with Crippen LogP contribution in [0.25, 0.3) is 0 Å². The van der Waals surface area contributed by atoms with Crippen LogP contribution in [0.1, 0.15) is 43.9 Å². The standard InChI is InChI=1S/C13H21ClN2O2/c1-16-11(10(14)8-15-16)12(17)13(18-2)9-6-4-3-5-7-9/h8-9,12-13,17H,3-7H2,1-2H3. The Morgan fingerprint density at radius 2 is 2.11 bits per heavy atom. The Labute approximate surface area is 113 Å². The highest BCUT2D eigenvalue weighted by molar-refractivity contribution is 6.31. The molecule has 2 unspecified atom stereocenters. The highest BCUT2D eigenvalue weighted by atomic mass is 35.5. The van der Waals surface area contributed by atoms with E-state index in [2.05, 4.69) is 5.10 Å². The Balaban J connectivity index is 2.16. The van der Waals surface area contributed by atoms with Crippen molar-refractivity contribution >= 4 is 11.6 Å². The number of aryl methyl sites for hydroxylation is 1. The summed E-state index contributed by atoms with van der Waals surface area (Å²) in [5, 5.41) is 15.1. The second-order valence-electron chi connectivity index (χ2n) is 5.04. The van der Waals surface area contributed by atoms with Gasteiger partial charge in [-0.15, -0.1) is 0 Å². The van der Waals surface area contributed by atoms with Crippen LogP contribution in [0.4, 0.5) is 0 Å². The number of ether oxygens (including phenoxy) is 1. The zero-order valence-corrected chi connectivity index (χ0v) is 11.7. The first kappa shape index (κ1) is 13.8. The minimum Gasteiger partial charge on any atom is -0.384 e. The van der Waals surface area contributed by atoms with E-state index in [0.29, 0.717) is 16.6 Å². The Morgan fingerprint density at radius 3 is 2.61 bits per heavy atom. The molecular formula is C13H21ClN2O2. The summed E-state index contributed by atoms with van der Waals surface area (Å²) in [7, 11) is 3.45. The molecule has 1 aliphatic carbocycles. The largest absolute Gasteiger partial charge is 0.384 e. The van der Waals surface area contributed by atoms with Gasteiger partial charge in [-0.05, 0) is 18.8 Å². The number of aliphatic hydroxyl groups excluding tert-OH is 1. The number of hydrogen-bond donors (Lipinski definition) is 1. The molecule has 0 saturated heterocycles. The number of halogens is 1. The molecule has 1 heterocycles. The molecular weight excluding hydrogens is 252 g/mol. The summed E-state index contributed by atoms with van der Waals surface area (Å²) in [6.45, 7) is 0. The fourth-order valence-electron chi connectivity index (χ4n) is 2.95. The van der Waals surface area contributed by atoms with Crippen LogP contribution in [0.15, 0.2) is 6.20 Å². The summed E-state index contributed by atoms with van der Waals surface area (Å²) in [5.74, 6) is 0.407. The molecule has 0 amide bonds. The predicted octanol–water partition coefficient (Wildman–Crippen LogP) is 2.70. The van der Waals surface area contributed by atoms with Gasteiger partial charge in [0.2, 0.25) is 0 Å². The summed E-state index contributed by atoms with van der Waals surface area (Å²) in [6.07, 6.45) is 6.61. The summed E-state index contributed by atoms with van der Waals surface area (Å²) in [5.41, 5.74) is 0.647. The lowest BCUT2D eigenvalue weighted by Crippen LogP contribution is -2.32. The van der Waals surface area contributed by atoms with Crippen molar-refractivity contribution in [1.29, 1.82) is 0 Å². The Morgan fingerprint density at radius 1 is 1.44 bits per heavy atom. The van der Waals surface area contributed by atoms with E-state index in [1.807, 2.05) is 0 Å². The zero-order chi connectivity index (χ0) is 13.1. The van der Waals surface area contributed by atoms with Crippen LogP contribution in [-0.4, -0.2) is 28.1 Å². The minimum absolute atomic E-state index is 0.196. The van der Waals surface area contributed by atoms with E-state index in [1.165, 1.54) is 19.3 Å². The van der Waals surface area contributed by atoms with Crippen molar-refractivity contribution in [1.82, 2.24) is 9.78 Å². The van der Waals surface area contributed by atoms with E-state index in [1.54, 1.807) is 25.0 Å². The third-order valence-electron chi connectivity index (χ3n) is 3.92. The van der Waals surface area contributed by atoms with Gasteiger partial charge in [0.1, 0.15) is 6.10 Å². The predicted molar refractivity (Wildman–Crippen MR) is 70.5 cm³/mol. The van der Waals surface area contributed by atoms with Gasteiger partial charge in [-0.2, -0.15) is 5.10 Å². The third-order valence-corrected chi connectivity index (χ3v) is 4.21. The van der Waals surface area contributed by atoms with Crippen molar-refractivity contribution in [3.05, 3.63) is 16.9 Å². The normalized spacial score (nSPS) is 20.9. The van der Waals surface area contributed by atoms with Crippen LogP contribution in [0.5, 0.6) is 0 Å². The van der Waals surface area contributed by atoms with Crippen LogP contribution in [0, 0.1) is 5.92 Å². The first-order valence-electron chi connectivity index (χ1n) is 6.53. The summed E-state index contributed by atoms with van der Waals surface area (Å²) < 4.78 is 7.16. The molecule has 1 saturated carbocycles. The number of nitrogens with zero attached hydrogens (tertiary/aromatic N) is 2. The van der Waals surface area contributed by atoms with E-state index in [9.17, 15) is 5.11 Å². The molecule has 5 heteroatoms. The molecule has 1 fully saturated rings. The van der Waals surface area contributed by atoms with Gasteiger partial charge in [0, 0.05) is 14.2 Å². The van der Waals surface area contributed by atoms with Crippen molar-refractivity contribution in [2.75, 3.05) is 7.11 Å². The van der Waals surface area contributed by atoms with Crippen molar-refractivity contribution in [2.45, 2.75) is 44.3 Å². The van der Waals surface area contributed by atoms with Crippen LogP contribution >= 0.6 is 11.6 Å². The van der Waals surface area contributed by atoms with Gasteiger partial charge in [-0.25, -0.2) is 0 Å². The Hall–Kier alpha value is -0.580. The van der Waals surface area contributed by atoms with Crippen molar-refractivity contribution in [3.8, 4) is 0 Å². The molecule has 0 radical (unpaired) electrons. The van der Waals surface area contributed by atoms with Gasteiger partial charge < -0.3 is 9.84 Å². The number of methoxy groups -OCH3 is 1. The lowest BCUT2D eigenvalue weighted by Gasteiger charge is -2.32. The molecule has 102 valence electrons. The van der Waals surface area contributed by atoms with E-state index >= 15 is 0 Å². The van der Waals surface area contributed by atoms with Gasteiger partial charge in [-0.3, -0.25) is 4.68 Å². The zero-order valence-electron chi connectivity index (χ0n) is 11.0. The molecule has 2 rings (SSSR count). The first-order valence-corrected chi connectivity index (χ1v) is 6.91. The topological polar surface area (TPSA) is 47.3 Å². The lowest BCUT2D eigenvalue weighted by molar-refractivity contribution is -0.0588. The molecule has 0 aromatic carbocycles. The number of aliphatic hydroxyl groups is 1. The van der Waals surface area contributed by atoms with Crippen LogP contribution < -0.4 is 0 Å². The minimum atomic E-state index is -0.710. The summed E-state index contributed by atoms with van der Waals surface area (Å²) in [6, 6.07) is 0. The van der Waals surface area contributed by atoms with Gasteiger partial charge in [0.25, 0.3) is 0 Å². The summed E-state index contributed by atoms with van der Waals surface area (Å²) in [4.78, 5) is 0. The maximum Gasteiger partial charge on any atom is 0.123 e. The highest BCUT2D eigenvalue weighted by Crippen LogP contribution is 2.35. The van der Waals surface area contributed by atoms with Gasteiger partial charge in [0.15, 0.2) is 0 Å². The Bertz CT molecular complexity index is 369. The smallest absolute Gasteiger partial charge is 0.123 e. The highest BCUT2D eigenvalue weighted by Gasteiger charge is 2.33. The maximum atomic E-state index is 10.5. The number of hydrogen-bond acceptors (Lipinski definition) is 3. The molecule has 2 atom stereocenters. The first-order chi connectivity index (χ1) is 8.65. The second-order valence-corrected chi connectivity index (χ2v) is 5.45. The molecule has 1 aromatic rings. The summed E-state index contributed by atoms with van der Waals surface area (Å²) >= 11 is 6.08. The van der Waals surface area contributed by atoms with Crippen LogP contribution in [0.2, 0.25) is 5.02 Å². The molecule has 4 nitrogen and oxygen atoms in total. The monoisotopic (exact) mass is 272 g/mol. The second kappa shape index (κ2) is 6.04. The molecule has 0 bridgehead atoms. The van der Waals surface area contributed by atoms with Crippen LogP contribution in [0.3, 0.4) is 0 Å². The van der Waals surface area contributed by atoms with Gasteiger partial charge >= 0.3 is 0 Å². The quantitative estimate of drug-likeness (QED) is 0.917. The van der Waals surface area contributed by atoms with E-state index in [4.69, 9.17) is 16.3 Å². The van der Waals surface area contributed by atoms with Crippen molar-refractivity contribution in [3.63, 3.8) is 0 Å². The number of rotatable bonds is 4. The molecule has 1 N–H and O–H groups in total. The molecule has 0 spiro atoms. The average molecular weight is 273 g/mol. The maximum absolute atomic E-state index is 10.5. The lowest BCUT2D eigenvalue weighted by atomic mass is 9.82. The molecule has 1 aliphatic rings. The van der Waals surface area contributed by atoms with Gasteiger partial charge in [0.05, 0.1) is 23.0 Å². The van der Waals surface area contributed by atoms with Crippen molar-refractivity contribution < 1.29 is 9.84 Å². The van der Waals surface area contributed by atoms with Crippen LogP contribution in [-0.2, 0) is 11.8 Å². The third kappa shape index (κ3) is 2.71. The Kier molecular flexibility index (Phi) is 4.65. The van der Waals surface area contributed by atoms with E-state index in [0.717, 1.165) is 12.8 Å².